The van der Waals surface area contributed by atoms with E-state index in [4.69, 9.17) is 4.74 Å². The number of aliphatic hydroxyl groups excluding tert-OH is 1. The first-order valence-corrected chi connectivity index (χ1v) is 15.7. The molecule has 0 bridgehead atoms. The van der Waals surface area contributed by atoms with Gasteiger partial charge in [-0.1, -0.05) is 45.0 Å². The molecule has 2 aliphatic rings. The molecule has 230 valence electrons. The molecule has 2 fully saturated rings. The third kappa shape index (κ3) is 8.67. The van der Waals surface area contributed by atoms with Crippen LogP contribution in [0.2, 0.25) is 0 Å². The number of nitrogens with one attached hydrogen (secondary N) is 3. The van der Waals surface area contributed by atoms with Crippen LogP contribution in [0.3, 0.4) is 0 Å². The van der Waals surface area contributed by atoms with Gasteiger partial charge < -0.3 is 25.8 Å². The maximum Gasteiger partial charge on any atom is 0.246 e. The highest BCUT2D eigenvalue weighted by atomic mass is 32.1. The van der Waals surface area contributed by atoms with Crippen LogP contribution in [0.5, 0.6) is 0 Å². The first-order valence-electron chi connectivity index (χ1n) is 14.8. The van der Waals surface area contributed by atoms with Crippen LogP contribution >= 0.6 is 11.3 Å². The van der Waals surface area contributed by atoms with Crippen molar-refractivity contribution in [3.05, 3.63) is 41.0 Å². The van der Waals surface area contributed by atoms with Gasteiger partial charge in [-0.25, -0.2) is 4.98 Å². The van der Waals surface area contributed by atoms with Crippen molar-refractivity contribution in [2.24, 2.45) is 17.3 Å². The van der Waals surface area contributed by atoms with Gasteiger partial charge in [0.1, 0.15) is 6.61 Å². The third-order valence-electron chi connectivity index (χ3n) is 8.12. The van der Waals surface area contributed by atoms with Gasteiger partial charge in [-0.3, -0.25) is 19.3 Å². The van der Waals surface area contributed by atoms with E-state index in [-0.39, 0.29) is 37.0 Å². The molecule has 2 amide bonds. The lowest BCUT2D eigenvalue weighted by molar-refractivity contribution is -0.138. The summed E-state index contributed by atoms with van der Waals surface area (Å²) in [4.78, 5) is 47.6. The van der Waals surface area contributed by atoms with Crippen molar-refractivity contribution in [3.8, 4) is 10.4 Å². The fourth-order valence-corrected chi connectivity index (χ4v) is 6.52. The minimum Gasteiger partial charge on any atom is -0.393 e. The number of aryl methyl sites for hydroxylation is 1. The van der Waals surface area contributed by atoms with Gasteiger partial charge in [-0.2, -0.15) is 0 Å². The van der Waals surface area contributed by atoms with Crippen molar-refractivity contribution in [2.75, 3.05) is 45.9 Å². The number of piperazine rings is 1. The van der Waals surface area contributed by atoms with Gasteiger partial charge in [0.05, 0.1) is 40.8 Å². The fraction of sp³-hybridized carbons (Fsp3) is 0.613. The molecule has 4 rings (SSSR count). The molecule has 42 heavy (non-hydrogen) atoms. The zero-order chi connectivity index (χ0) is 30.3. The summed E-state index contributed by atoms with van der Waals surface area (Å²) < 4.78 is 5.61. The summed E-state index contributed by atoms with van der Waals surface area (Å²) >= 11 is 1.59. The summed E-state index contributed by atoms with van der Waals surface area (Å²) in [7, 11) is 0. The van der Waals surface area contributed by atoms with Crippen molar-refractivity contribution in [2.45, 2.75) is 59.2 Å². The largest absolute Gasteiger partial charge is 0.393 e. The van der Waals surface area contributed by atoms with E-state index in [0.29, 0.717) is 13.2 Å². The van der Waals surface area contributed by atoms with Crippen LogP contribution in [-0.2, 0) is 25.7 Å². The number of hydrogen-bond acceptors (Lipinski definition) is 9. The SMILES string of the molecule is Cc1ncsc1-c1ccc(CNC(=O)[C@@H]2C[C@@H](O)CC2C(=O)[C@@H](NC(=O)COCCN2CCNCC2)C(C)(C)C)cc1. The fourth-order valence-electron chi connectivity index (χ4n) is 5.71. The zero-order valence-corrected chi connectivity index (χ0v) is 26.0. The van der Waals surface area contributed by atoms with Crippen molar-refractivity contribution >= 4 is 28.9 Å². The number of aliphatic hydroxyl groups is 1. The molecule has 4 N–H and O–H groups in total. The standard InChI is InChI=1S/C31H45N5O5S/c1-20-28(42-19-34-20)22-7-5-21(6-8-22)17-33-30(40)25-16-23(37)15-24(25)27(39)29(31(2,3)4)35-26(38)18-41-14-13-36-11-9-32-10-12-36/h5-8,19,23-25,29,32,37H,9-18H2,1-4H3,(H,33,40)(H,35,38)/t23-,24?,25+,29+/m0/s1. The van der Waals surface area contributed by atoms with Gasteiger partial charge in [0.2, 0.25) is 11.8 Å². The number of ketones is 1. The third-order valence-corrected chi connectivity index (χ3v) is 9.10. The van der Waals surface area contributed by atoms with Crippen LogP contribution in [-0.4, -0.2) is 90.7 Å². The van der Waals surface area contributed by atoms with Crippen LogP contribution < -0.4 is 16.0 Å². The Kier molecular flexibility index (Phi) is 11.2. The first-order chi connectivity index (χ1) is 20.0. The highest BCUT2D eigenvalue weighted by Crippen LogP contribution is 2.36. The Balaban J connectivity index is 1.31. The summed E-state index contributed by atoms with van der Waals surface area (Å²) in [5.41, 5.74) is 4.24. The molecule has 2 heterocycles. The number of rotatable bonds is 12. The number of nitrogens with zero attached hydrogens (tertiary/aromatic N) is 2. The lowest BCUT2D eigenvalue weighted by atomic mass is 9.77. The predicted octanol–water partition coefficient (Wildman–Crippen LogP) is 2.14. The molecule has 1 unspecified atom stereocenters. The van der Waals surface area contributed by atoms with Crippen LogP contribution in [0.4, 0.5) is 0 Å². The van der Waals surface area contributed by atoms with E-state index in [1.165, 1.54) is 0 Å². The molecular weight excluding hydrogens is 554 g/mol. The molecule has 1 saturated carbocycles. The van der Waals surface area contributed by atoms with Crippen LogP contribution in [0.15, 0.2) is 29.8 Å². The normalized spacial score (nSPS) is 22.1. The molecule has 11 heteroatoms. The Bertz CT molecular complexity index is 1210. The first kappa shape index (κ1) is 32.2. The number of Topliss-reactive ketones (excluding diaryl/α,β-unsaturated/α-hetero) is 1. The number of aromatic nitrogens is 1. The van der Waals surface area contributed by atoms with Crippen LogP contribution in [0.25, 0.3) is 10.4 Å². The zero-order valence-electron chi connectivity index (χ0n) is 25.2. The number of ether oxygens (including phenoxy) is 1. The Hall–Kier alpha value is -2.70. The van der Waals surface area contributed by atoms with E-state index in [1.807, 2.05) is 57.5 Å². The summed E-state index contributed by atoms with van der Waals surface area (Å²) in [5, 5.41) is 19.6. The van der Waals surface area contributed by atoms with Gasteiger partial charge in [0.25, 0.3) is 0 Å². The van der Waals surface area contributed by atoms with Gasteiger partial charge in [0, 0.05) is 45.2 Å². The Morgan fingerprint density at radius 3 is 2.48 bits per heavy atom. The highest BCUT2D eigenvalue weighted by molar-refractivity contribution is 7.13. The van der Waals surface area contributed by atoms with E-state index >= 15 is 0 Å². The Morgan fingerprint density at radius 2 is 1.83 bits per heavy atom. The van der Waals surface area contributed by atoms with E-state index < -0.39 is 29.4 Å². The molecule has 4 atom stereocenters. The molecule has 0 radical (unpaired) electrons. The number of carbonyl (C=O) groups excluding carboxylic acids is 3. The minimum absolute atomic E-state index is 0.134. The average molecular weight is 600 g/mol. The molecular formula is C31H45N5O5S. The minimum atomic E-state index is -0.810. The molecule has 1 aromatic heterocycles. The molecule has 10 nitrogen and oxygen atoms in total. The van der Waals surface area contributed by atoms with Crippen molar-refractivity contribution in [1.82, 2.24) is 25.8 Å². The lowest BCUT2D eigenvalue weighted by Gasteiger charge is -2.33. The monoisotopic (exact) mass is 599 g/mol. The highest BCUT2D eigenvalue weighted by Gasteiger charge is 2.46. The van der Waals surface area contributed by atoms with E-state index in [2.05, 4.69) is 25.8 Å². The number of hydrogen-bond donors (Lipinski definition) is 4. The van der Waals surface area contributed by atoms with Crippen molar-refractivity contribution in [1.29, 1.82) is 0 Å². The van der Waals surface area contributed by atoms with Crippen molar-refractivity contribution < 1.29 is 24.2 Å². The topological polar surface area (TPSA) is 133 Å². The number of amides is 2. The molecule has 2 aromatic rings. The molecule has 0 spiro atoms. The van der Waals surface area contributed by atoms with E-state index in [9.17, 15) is 19.5 Å². The maximum atomic E-state index is 13.8. The number of carbonyl (C=O) groups is 3. The van der Waals surface area contributed by atoms with Crippen LogP contribution in [0.1, 0.15) is 44.9 Å². The molecule has 1 aromatic carbocycles. The molecule has 1 saturated heterocycles. The van der Waals surface area contributed by atoms with Crippen LogP contribution in [0, 0.1) is 24.2 Å². The maximum absolute atomic E-state index is 13.8. The van der Waals surface area contributed by atoms with Gasteiger partial charge in [-0.05, 0) is 36.3 Å². The second kappa shape index (κ2) is 14.7. The molecule has 1 aliphatic carbocycles. The molecule has 1 aliphatic heterocycles. The Labute approximate surface area is 252 Å². The quantitative estimate of drug-likeness (QED) is 0.273. The van der Waals surface area contributed by atoms with Gasteiger partial charge in [-0.15, -0.1) is 11.3 Å². The number of thiazole rings is 1. The average Bonchev–Trinajstić information content (AvgIpc) is 3.58. The predicted molar refractivity (Wildman–Crippen MR) is 163 cm³/mol. The second-order valence-corrected chi connectivity index (χ2v) is 13.3. The van der Waals surface area contributed by atoms with E-state index in [0.717, 1.165) is 54.4 Å². The van der Waals surface area contributed by atoms with E-state index in [1.54, 1.807) is 11.3 Å². The summed E-state index contributed by atoms with van der Waals surface area (Å²) in [6.07, 6.45) is -0.337. The summed E-state index contributed by atoms with van der Waals surface area (Å²) in [5.74, 6) is -2.20. The Morgan fingerprint density at radius 1 is 1.14 bits per heavy atom. The second-order valence-electron chi connectivity index (χ2n) is 12.4. The van der Waals surface area contributed by atoms with Gasteiger partial charge >= 0.3 is 0 Å². The summed E-state index contributed by atoms with van der Waals surface area (Å²) in [6.45, 7) is 12.8. The lowest BCUT2D eigenvalue weighted by Crippen LogP contribution is -2.53. The smallest absolute Gasteiger partial charge is 0.246 e. The van der Waals surface area contributed by atoms with Crippen molar-refractivity contribution in [3.63, 3.8) is 0 Å². The number of benzene rings is 1. The summed E-state index contributed by atoms with van der Waals surface area (Å²) in [6, 6.07) is 7.16. The van der Waals surface area contributed by atoms with Gasteiger partial charge in [0.15, 0.2) is 5.78 Å².